The minimum absolute atomic E-state index is 0.0560. The number of hydrogen-bond acceptors (Lipinski definition) is 4. The second-order valence-corrected chi connectivity index (χ2v) is 5.14. The largest absolute Gasteiger partial charge is 0.755 e. The van der Waals surface area contributed by atoms with Crippen LogP contribution in [-0.2, 0) is 16.1 Å². The summed E-state index contributed by atoms with van der Waals surface area (Å²) in [4.78, 5) is 22.2. The van der Waals surface area contributed by atoms with E-state index >= 15 is 0 Å². The van der Waals surface area contributed by atoms with Gasteiger partial charge < -0.3 is 16.0 Å². The van der Waals surface area contributed by atoms with E-state index in [4.69, 9.17) is 11.5 Å². The Hall–Kier alpha value is -1.93. The maximum atomic E-state index is 11.3. The molecule has 110 valence electrons. The predicted molar refractivity (Wildman–Crippen MR) is 72.7 cm³/mol. The van der Waals surface area contributed by atoms with Crippen LogP contribution in [0.25, 0.3) is 0 Å². The van der Waals surface area contributed by atoms with Crippen LogP contribution in [0.2, 0.25) is 0 Å². The number of nitrogens with two attached hydrogens (primary N) is 2. The molecular weight excluding hydrogens is 282 g/mol. The summed E-state index contributed by atoms with van der Waals surface area (Å²) < 4.78 is 22.9. The molecule has 3 amide bonds. The minimum Gasteiger partial charge on any atom is -0.755 e. The smallest absolute Gasteiger partial charge is 0.326 e. The summed E-state index contributed by atoms with van der Waals surface area (Å²) in [5.41, 5.74) is 11.7. The SMILES string of the molecule is Cc1ccc(C(CCC(N)=O)N(C(N)=O)S(=O)[O-])cc1. The van der Waals surface area contributed by atoms with Gasteiger partial charge in [0.25, 0.3) is 0 Å². The molecule has 0 fully saturated rings. The summed E-state index contributed by atoms with van der Waals surface area (Å²) in [6.45, 7) is 1.87. The Bertz CT molecular complexity index is 504. The van der Waals surface area contributed by atoms with Crippen LogP contribution >= 0.6 is 0 Å². The molecule has 0 aromatic heterocycles. The van der Waals surface area contributed by atoms with Gasteiger partial charge in [-0.15, -0.1) is 0 Å². The fourth-order valence-electron chi connectivity index (χ4n) is 1.82. The molecular formula is C12H16N3O4S-. The number of carbonyl (C=O) groups is 2. The van der Waals surface area contributed by atoms with Crippen molar-refractivity contribution in [3.05, 3.63) is 35.4 Å². The van der Waals surface area contributed by atoms with Crippen molar-refractivity contribution in [2.45, 2.75) is 25.8 Å². The molecule has 0 aliphatic carbocycles. The van der Waals surface area contributed by atoms with Crippen molar-refractivity contribution in [2.24, 2.45) is 11.5 Å². The average molecular weight is 298 g/mol. The highest BCUT2D eigenvalue weighted by atomic mass is 32.2. The Labute approximate surface area is 119 Å². The lowest BCUT2D eigenvalue weighted by molar-refractivity contribution is -0.118. The Morgan fingerprint density at radius 1 is 1.30 bits per heavy atom. The van der Waals surface area contributed by atoms with Gasteiger partial charge >= 0.3 is 6.03 Å². The fourth-order valence-corrected chi connectivity index (χ4v) is 2.40. The van der Waals surface area contributed by atoms with Crippen LogP contribution in [-0.4, -0.2) is 25.0 Å². The molecule has 1 aromatic rings. The van der Waals surface area contributed by atoms with Crippen LogP contribution in [0.5, 0.6) is 0 Å². The number of primary amides is 2. The predicted octanol–water partition coefficient (Wildman–Crippen LogP) is 0.476. The van der Waals surface area contributed by atoms with E-state index in [0.29, 0.717) is 9.87 Å². The Morgan fingerprint density at radius 3 is 2.25 bits per heavy atom. The number of rotatable bonds is 6. The molecule has 0 saturated carbocycles. The van der Waals surface area contributed by atoms with E-state index < -0.39 is 29.2 Å². The second-order valence-electron chi connectivity index (χ2n) is 4.31. The summed E-state index contributed by atoms with van der Waals surface area (Å²) in [5.74, 6) is -0.580. The van der Waals surface area contributed by atoms with Crippen LogP contribution in [0.15, 0.2) is 24.3 Å². The summed E-state index contributed by atoms with van der Waals surface area (Å²) in [6, 6.07) is 4.97. The molecule has 0 aliphatic heterocycles. The lowest BCUT2D eigenvalue weighted by atomic mass is 10.0. The molecule has 0 saturated heterocycles. The topological polar surface area (TPSA) is 130 Å². The maximum Gasteiger partial charge on any atom is 0.326 e. The normalized spacial score (nSPS) is 13.5. The quantitative estimate of drug-likeness (QED) is 0.739. The number of hydrogen-bond donors (Lipinski definition) is 2. The first-order valence-corrected chi connectivity index (χ1v) is 6.89. The van der Waals surface area contributed by atoms with Crippen molar-refractivity contribution in [3.8, 4) is 0 Å². The van der Waals surface area contributed by atoms with E-state index in [0.717, 1.165) is 5.56 Å². The van der Waals surface area contributed by atoms with E-state index in [1.54, 1.807) is 24.3 Å². The molecule has 8 heteroatoms. The van der Waals surface area contributed by atoms with Gasteiger partial charge in [-0.2, -0.15) is 0 Å². The number of carbonyl (C=O) groups excluding carboxylic acids is 2. The number of amides is 3. The Balaban J connectivity index is 3.12. The third-order valence-corrected chi connectivity index (χ3v) is 3.54. The third-order valence-electron chi connectivity index (χ3n) is 2.79. The van der Waals surface area contributed by atoms with Gasteiger partial charge in [0.1, 0.15) is 0 Å². The zero-order valence-electron chi connectivity index (χ0n) is 10.9. The van der Waals surface area contributed by atoms with Crippen LogP contribution < -0.4 is 11.5 Å². The monoisotopic (exact) mass is 298 g/mol. The van der Waals surface area contributed by atoms with Gasteiger partial charge in [0.2, 0.25) is 5.91 Å². The summed E-state index contributed by atoms with van der Waals surface area (Å²) in [7, 11) is 0. The van der Waals surface area contributed by atoms with Crippen LogP contribution in [0, 0.1) is 6.92 Å². The van der Waals surface area contributed by atoms with E-state index in [1.807, 2.05) is 6.92 Å². The molecule has 0 heterocycles. The minimum atomic E-state index is -2.83. The highest BCUT2D eigenvalue weighted by Crippen LogP contribution is 2.27. The van der Waals surface area contributed by atoms with E-state index in [2.05, 4.69) is 0 Å². The molecule has 20 heavy (non-hydrogen) atoms. The maximum absolute atomic E-state index is 11.3. The molecule has 0 radical (unpaired) electrons. The van der Waals surface area contributed by atoms with Gasteiger partial charge in [-0.3, -0.25) is 9.00 Å². The van der Waals surface area contributed by atoms with Gasteiger partial charge in [0.05, 0.1) is 17.3 Å². The molecule has 1 rings (SSSR count). The fraction of sp³-hybridized carbons (Fsp3) is 0.333. The molecule has 1 aromatic carbocycles. The van der Waals surface area contributed by atoms with E-state index in [-0.39, 0.29) is 12.8 Å². The molecule has 0 spiro atoms. The number of benzene rings is 1. The summed E-state index contributed by atoms with van der Waals surface area (Å²) >= 11 is -2.83. The molecule has 2 atom stereocenters. The van der Waals surface area contributed by atoms with Crippen molar-refractivity contribution in [1.82, 2.24) is 4.31 Å². The summed E-state index contributed by atoms with van der Waals surface area (Å²) in [6.07, 6.45) is 0.0227. The van der Waals surface area contributed by atoms with Gasteiger partial charge in [-0.05, 0) is 18.9 Å². The van der Waals surface area contributed by atoms with Gasteiger partial charge in [-0.25, -0.2) is 9.10 Å². The first kappa shape index (κ1) is 16.1. The molecule has 4 N–H and O–H groups in total. The van der Waals surface area contributed by atoms with Crippen LogP contribution in [0.4, 0.5) is 4.79 Å². The van der Waals surface area contributed by atoms with E-state index in [9.17, 15) is 18.4 Å². The van der Waals surface area contributed by atoms with Crippen molar-refractivity contribution in [2.75, 3.05) is 0 Å². The molecule has 0 aliphatic rings. The van der Waals surface area contributed by atoms with Crippen LogP contribution in [0.1, 0.15) is 30.0 Å². The first-order chi connectivity index (χ1) is 9.32. The number of aryl methyl sites for hydroxylation is 1. The van der Waals surface area contributed by atoms with Crippen molar-refractivity contribution >= 4 is 23.2 Å². The molecule has 7 nitrogen and oxygen atoms in total. The van der Waals surface area contributed by atoms with Gasteiger partial charge in [-0.1, -0.05) is 29.8 Å². The number of nitrogens with zero attached hydrogens (tertiary/aromatic N) is 1. The third kappa shape index (κ3) is 4.32. The standard InChI is InChI=1S/C12H17N3O4S/c1-8-2-4-9(5-3-8)10(6-7-11(13)16)15(12(14)17)20(18)19/h2-5,10H,6-7H2,1H3,(H2,13,16)(H2,14,17)(H,18,19)/p-1. The highest BCUT2D eigenvalue weighted by Gasteiger charge is 2.25. The summed E-state index contributed by atoms with van der Waals surface area (Å²) in [5, 5.41) is 0. The zero-order chi connectivity index (χ0) is 15.3. The van der Waals surface area contributed by atoms with Crippen LogP contribution in [0.3, 0.4) is 0 Å². The molecule has 2 unspecified atom stereocenters. The Kier molecular flexibility index (Phi) is 5.66. The van der Waals surface area contributed by atoms with E-state index in [1.165, 1.54) is 0 Å². The van der Waals surface area contributed by atoms with Gasteiger partial charge in [0.15, 0.2) is 0 Å². The molecule has 0 bridgehead atoms. The lowest BCUT2D eigenvalue weighted by Crippen LogP contribution is -2.40. The number of urea groups is 1. The second kappa shape index (κ2) is 7.01. The Morgan fingerprint density at radius 2 is 1.85 bits per heavy atom. The van der Waals surface area contributed by atoms with Gasteiger partial charge in [0, 0.05) is 6.42 Å². The first-order valence-electron chi connectivity index (χ1n) is 5.86. The van der Waals surface area contributed by atoms with Crippen molar-refractivity contribution in [3.63, 3.8) is 0 Å². The average Bonchev–Trinajstić information content (AvgIpc) is 2.34. The lowest BCUT2D eigenvalue weighted by Gasteiger charge is -2.31. The van der Waals surface area contributed by atoms with Crippen molar-refractivity contribution < 1.29 is 18.4 Å². The highest BCUT2D eigenvalue weighted by molar-refractivity contribution is 7.77. The zero-order valence-corrected chi connectivity index (χ0v) is 11.8. The van der Waals surface area contributed by atoms with Crippen molar-refractivity contribution in [1.29, 1.82) is 0 Å².